The van der Waals surface area contributed by atoms with Gasteiger partial charge in [0.15, 0.2) is 11.5 Å². The number of nitrogens with one attached hydrogen (secondary N) is 1. The third-order valence-corrected chi connectivity index (χ3v) is 5.78. The molecule has 10 heteroatoms. The molecule has 0 aromatic heterocycles. The minimum Gasteiger partial charge on any atom is -0.493 e. The molecule has 0 saturated heterocycles. The molecule has 1 N–H and O–H groups in total. The molecule has 0 atom stereocenters. The molecule has 3 rings (SSSR count). The SMILES string of the molecule is COc1cccc(/C=N\NC(=O)c2ccc(Cl)cc2Cl)c1OS(=O)(=O)c1ccccc1. The molecule has 7 nitrogen and oxygen atoms in total. The van der Waals surface area contributed by atoms with Crippen LogP contribution in [0.4, 0.5) is 0 Å². The Kier molecular flexibility index (Phi) is 7.17. The van der Waals surface area contributed by atoms with Crippen molar-refractivity contribution in [1.29, 1.82) is 0 Å². The van der Waals surface area contributed by atoms with Gasteiger partial charge in [0.2, 0.25) is 0 Å². The Morgan fingerprint density at radius 2 is 1.77 bits per heavy atom. The van der Waals surface area contributed by atoms with Gasteiger partial charge in [-0.2, -0.15) is 13.5 Å². The van der Waals surface area contributed by atoms with Crippen molar-refractivity contribution in [3.05, 3.63) is 87.9 Å². The Morgan fingerprint density at radius 3 is 2.45 bits per heavy atom. The Labute approximate surface area is 189 Å². The molecule has 0 heterocycles. The highest BCUT2D eigenvalue weighted by molar-refractivity contribution is 7.87. The number of halogens is 2. The van der Waals surface area contributed by atoms with Gasteiger partial charge in [-0.15, -0.1) is 0 Å². The summed E-state index contributed by atoms with van der Waals surface area (Å²) in [6, 6.07) is 16.8. The van der Waals surface area contributed by atoms with Crippen LogP contribution in [-0.4, -0.2) is 27.6 Å². The van der Waals surface area contributed by atoms with Crippen molar-refractivity contribution in [3.63, 3.8) is 0 Å². The van der Waals surface area contributed by atoms with Gasteiger partial charge in [0.05, 0.1) is 23.9 Å². The Bertz CT molecular complexity index is 1230. The standard InChI is InChI=1S/C21H16Cl2N2O5S/c1-29-19-9-5-6-14(20(19)30-31(27,28)16-7-3-2-4-8-16)13-24-25-21(26)17-11-10-15(22)12-18(17)23/h2-13H,1H3,(H,25,26)/b24-13-. The number of benzene rings is 3. The predicted molar refractivity (Wildman–Crippen MR) is 119 cm³/mol. The van der Waals surface area contributed by atoms with Crippen molar-refractivity contribution in [3.8, 4) is 11.5 Å². The highest BCUT2D eigenvalue weighted by Gasteiger charge is 2.21. The number of rotatable bonds is 7. The molecule has 0 aliphatic heterocycles. The molecular formula is C21H16Cl2N2O5S. The molecule has 1 amide bonds. The Balaban J connectivity index is 1.86. The second-order valence-corrected chi connectivity index (χ2v) is 8.44. The summed E-state index contributed by atoms with van der Waals surface area (Å²) < 4.78 is 35.8. The van der Waals surface area contributed by atoms with Crippen LogP contribution in [-0.2, 0) is 10.1 Å². The average Bonchev–Trinajstić information content (AvgIpc) is 2.75. The van der Waals surface area contributed by atoms with Crippen molar-refractivity contribution in [2.45, 2.75) is 4.90 Å². The highest BCUT2D eigenvalue weighted by atomic mass is 35.5. The van der Waals surface area contributed by atoms with Crippen molar-refractivity contribution >= 4 is 45.4 Å². The Hall–Kier alpha value is -3.07. The van der Waals surface area contributed by atoms with E-state index >= 15 is 0 Å². The van der Waals surface area contributed by atoms with E-state index < -0.39 is 16.0 Å². The molecule has 0 radical (unpaired) electrons. The topological polar surface area (TPSA) is 94.1 Å². The van der Waals surface area contributed by atoms with Crippen LogP contribution >= 0.6 is 23.2 Å². The minimum absolute atomic E-state index is 0.0190. The number of hydrazone groups is 1. The van der Waals surface area contributed by atoms with Gasteiger partial charge in [0, 0.05) is 10.6 Å². The number of ether oxygens (including phenoxy) is 1. The summed E-state index contributed by atoms with van der Waals surface area (Å²) in [6.45, 7) is 0. The lowest BCUT2D eigenvalue weighted by Gasteiger charge is -2.13. The number of amides is 1. The lowest BCUT2D eigenvalue weighted by molar-refractivity contribution is 0.0955. The second-order valence-electron chi connectivity index (χ2n) is 6.05. The number of hydrogen-bond acceptors (Lipinski definition) is 6. The molecule has 3 aromatic carbocycles. The van der Waals surface area contributed by atoms with Crippen molar-refractivity contribution < 1.29 is 22.1 Å². The first-order valence-corrected chi connectivity index (χ1v) is 10.9. The van der Waals surface area contributed by atoms with Gasteiger partial charge >= 0.3 is 10.1 Å². The zero-order chi connectivity index (χ0) is 22.4. The van der Waals surface area contributed by atoms with E-state index in [2.05, 4.69) is 10.5 Å². The summed E-state index contributed by atoms with van der Waals surface area (Å²) in [5.41, 5.74) is 2.77. The number of carbonyl (C=O) groups excluding carboxylic acids is 1. The maximum atomic E-state index is 12.6. The first-order chi connectivity index (χ1) is 14.8. The molecule has 0 aliphatic rings. The van der Waals surface area contributed by atoms with Crippen molar-refractivity contribution in [2.24, 2.45) is 5.10 Å². The van der Waals surface area contributed by atoms with E-state index in [1.54, 1.807) is 36.4 Å². The maximum Gasteiger partial charge on any atom is 0.339 e. The molecule has 160 valence electrons. The normalized spacial score (nSPS) is 11.3. The average molecular weight is 479 g/mol. The lowest BCUT2D eigenvalue weighted by atomic mass is 10.2. The minimum atomic E-state index is -4.12. The van der Waals surface area contributed by atoms with Gasteiger partial charge in [-0.1, -0.05) is 47.5 Å². The molecule has 3 aromatic rings. The first-order valence-electron chi connectivity index (χ1n) is 8.77. The van der Waals surface area contributed by atoms with Crippen LogP contribution in [0, 0.1) is 0 Å². The van der Waals surface area contributed by atoms with Crippen LogP contribution in [0.25, 0.3) is 0 Å². The van der Waals surface area contributed by atoms with Crippen molar-refractivity contribution in [1.82, 2.24) is 5.43 Å². The second kappa shape index (κ2) is 9.82. The van der Waals surface area contributed by atoms with Gasteiger partial charge in [0.1, 0.15) is 4.90 Å². The fourth-order valence-electron chi connectivity index (χ4n) is 2.52. The van der Waals surface area contributed by atoms with Crippen LogP contribution in [0.15, 0.2) is 76.7 Å². The van der Waals surface area contributed by atoms with E-state index in [0.29, 0.717) is 5.02 Å². The van der Waals surface area contributed by atoms with Gasteiger partial charge in [-0.3, -0.25) is 4.79 Å². The summed E-state index contributed by atoms with van der Waals surface area (Å²) in [5.74, 6) is -0.466. The van der Waals surface area contributed by atoms with E-state index in [9.17, 15) is 13.2 Å². The molecule has 0 spiro atoms. The first kappa shape index (κ1) is 22.6. The molecule has 0 fully saturated rings. The monoisotopic (exact) mass is 478 g/mol. The summed E-state index contributed by atoms with van der Waals surface area (Å²) in [6.07, 6.45) is 1.24. The van der Waals surface area contributed by atoms with Crippen LogP contribution < -0.4 is 14.3 Å². The van der Waals surface area contributed by atoms with E-state index in [1.807, 2.05) is 0 Å². The summed E-state index contributed by atoms with van der Waals surface area (Å²) in [7, 11) is -2.74. The number of methoxy groups -OCH3 is 1. The van der Waals surface area contributed by atoms with Gasteiger partial charge in [-0.25, -0.2) is 5.43 Å². The summed E-state index contributed by atoms with van der Waals surface area (Å²) in [4.78, 5) is 12.3. The Morgan fingerprint density at radius 1 is 1.03 bits per heavy atom. The number of carbonyl (C=O) groups is 1. The molecule has 0 bridgehead atoms. The van der Waals surface area contributed by atoms with E-state index in [4.69, 9.17) is 32.1 Å². The highest BCUT2D eigenvalue weighted by Crippen LogP contribution is 2.32. The fourth-order valence-corrected chi connectivity index (χ4v) is 4.00. The van der Waals surface area contributed by atoms with Crippen LogP contribution in [0.1, 0.15) is 15.9 Å². The summed E-state index contributed by atoms with van der Waals surface area (Å²) in [5, 5.41) is 4.43. The van der Waals surface area contributed by atoms with Crippen LogP contribution in [0.5, 0.6) is 11.5 Å². The number of para-hydroxylation sites is 1. The molecule has 0 unspecified atom stereocenters. The molecule has 31 heavy (non-hydrogen) atoms. The van der Waals surface area contributed by atoms with E-state index in [0.717, 1.165) is 0 Å². The smallest absolute Gasteiger partial charge is 0.339 e. The third-order valence-electron chi connectivity index (χ3n) is 4.00. The maximum absolute atomic E-state index is 12.6. The summed E-state index contributed by atoms with van der Waals surface area (Å²) >= 11 is 11.8. The number of nitrogens with zero attached hydrogens (tertiary/aromatic N) is 1. The predicted octanol–water partition coefficient (Wildman–Crippen LogP) is 4.53. The molecule has 0 aliphatic carbocycles. The largest absolute Gasteiger partial charge is 0.493 e. The van der Waals surface area contributed by atoms with Crippen LogP contribution in [0.2, 0.25) is 10.0 Å². The van der Waals surface area contributed by atoms with E-state index in [-0.39, 0.29) is 32.5 Å². The lowest BCUT2D eigenvalue weighted by Crippen LogP contribution is -2.18. The quantitative estimate of drug-likeness (QED) is 0.305. The molecule has 0 saturated carbocycles. The van der Waals surface area contributed by atoms with Crippen LogP contribution in [0.3, 0.4) is 0 Å². The zero-order valence-electron chi connectivity index (χ0n) is 16.1. The van der Waals surface area contributed by atoms with Gasteiger partial charge < -0.3 is 8.92 Å². The zero-order valence-corrected chi connectivity index (χ0v) is 18.4. The fraction of sp³-hybridized carbons (Fsp3) is 0.0476. The number of hydrogen-bond donors (Lipinski definition) is 1. The third kappa shape index (κ3) is 5.55. The molecular weight excluding hydrogens is 463 g/mol. The van der Waals surface area contributed by atoms with Gasteiger partial charge in [-0.05, 0) is 42.5 Å². The van der Waals surface area contributed by atoms with Gasteiger partial charge in [0.25, 0.3) is 5.91 Å². The van der Waals surface area contributed by atoms with E-state index in [1.165, 1.54) is 43.7 Å². The van der Waals surface area contributed by atoms with Crippen molar-refractivity contribution in [2.75, 3.05) is 7.11 Å².